The number of alkyl halides is 1. The Bertz CT molecular complexity index is 690. The predicted molar refractivity (Wildman–Crippen MR) is 81.2 cm³/mol. The molecule has 1 aromatic carbocycles. The van der Waals surface area contributed by atoms with Crippen molar-refractivity contribution in [2.45, 2.75) is 20.4 Å². The molecule has 0 unspecified atom stereocenters. The number of aryl methyl sites for hydroxylation is 1. The molecule has 21 heavy (non-hydrogen) atoms. The molecule has 0 saturated heterocycles. The fraction of sp³-hybridized carbons (Fsp3) is 0.267. The number of nitro groups is 1. The van der Waals surface area contributed by atoms with Crippen molar-refractivity contribution in [3.8, 4) is 0 Å². The number of hydrogen-bond donors (Lipinski definition) is 0. The lowest BCUT2D eigenvalue weighted by Gasteiger charge is -2.09. The van der Waals surface area contributed by atoms with Crippen molar-refractivity contribution in [3.05, 3.63) is 63.0 Å². The van der Waals surface area contributed by atoms with Crippen LogP contribution < -0.4 is 0 Å². The highest BCUT2D eigenvalue weighted by molar-refractivity contribution is 6.30. The molecule has 0 spiro atoms. The highest BCUT2D eigenvalue weighted by atomic mass is 35.5. The summed E-state index contributed by atoms with van der Waals surface area (Å²) in [6.45, 7) is 4.35. The summed E-state index contributed by atoms with van der Waals surface area (Å²) in [6.07, 6.45) is 0. The second kappa shape index (κ2) is 6.10. The molecule has 5 nitrogen and oxygen atoms in total. The Kier molecular flexibility index (Phi) is 4.43. The van der Waals surface area contributed by atoms with Gasteiger partial charge in [0.05, 0.1) is 10.8 Å². The summed E-state index contributed by atoms with van der Waals surface area (Å²) in [5.74, 6) is -0.137. The van der Waals surface area contributed by atoms with E-state index in [4.69, 9.17) is 11.6 Å². The average molecular weight is 307 g/mol. The molecule has 2 rings (SSSR count). The number of hydrogen-bond acceptors (Lipinski definition) is 3. The molecule has 110 valence electrons. The summed E-state index contributed by atoms with van der Waals surface area (Å²) in [4.78, 5) is 22.0. The van der Waals surface area contributed by atoms with E-state index in [1.54, 1.807) is 12.1 Å². The number of non-ortho nitro benzene ring substituents is 1. The van der Waals surface area contributed by atoms with Crippen LogP contribution in [0.5, 0.6) is 0 Å². The van der Waals surface area contributed by atoms with Crippen LogP contribution in [-0.4, -0.2) is 21.2 Å². The minimum atomic E-state index is -0.423. The number of nitro benzene ring substituents is 1. The first-order valence-corrected chi connectivity index (χ1v) is 6.96. The van der Waals surface area contributed by atoms with Crippen LogP contribution in [0.4, 0.5) is 5.69 Å². The van der Waals surface area contributed by atoms with E-state index < -0.39 is 4.92 Å². The molecule has 0 amide bonds. The fourth-order valence-electron chi connectivity index (χ4n) is 2.30. The molecule has 1 heterocycles. The van der Waals surface area contributed by atoms with Crippen LogP contribution in [0.25, 0.3) is 0 Å². The second-order valence-corrected chi connectivity index (χ2v) is 5.12. The molecule has 2 aromatic rings. The monoisotopic (exact) mass is 306 g/mol. The molecule has 0 fully saturated rings. The molecule has 1 aromatic heterocycles. The molecule has 0 N–H and O–H groups in total. The third kappa shape index (κ3) is 3.13. The number of carbonyl (C=O) groups excluding carboxylic acids is 1. The van der Waals surface area contributed by atoms with Gasteiger partial charge in [0.25, 0.3) is 5.69 Å². The third-order valence-corrected chi connectivity index (χ3v) is 3.73. The van der Waals surface area contributed by atoms with Crippen LogP contribution >= 0.6 is 11.6 Å². The highest BCUT2D eigenvalue weighted by Gasteiger charge is 2.15. The summed E-state index contributed by atoms with van der Waals surface area (Å²) < 4.78 is 2.00. The Hall–Kier alpha value is -2.14. The molecule has 0 bridgehead atoms. The highest BCUT2D eigenvalue weighted by Crippen LogP contribution is 2.19. The molecular weight excluding hydrogens is 292 g/mol. The number of halogens is 1. The van der Waals surface area contributed by atoms with E-state index in [1.807, 2.05) is 24.5 Å². The van der Waals surface area contributed by atoms with Crippen molar-refractivity contribution in [2.24, 2.45) is 0 Å². The van der Waals surface area contributed by atoms with Gasteiger partial charge in [0.2, 0.25) is 0 Å². The van der Waals surface area contributed by atoms with Gasteiger partial charge in [0.1, 0.15) is 0 Å². The zero-order chi connectivity index (χ0) is 15.6. The van der Waals surface area contributed by atoms with Crippen LogP contribution in [0.15, 0.2) is 30.3 Å². The first kappa shape index (κ1) is 15.3. The standard InChI is InChI=1S/C15H15ClN2O3/c1-10-7-14(15(19)8-16)11(2)17(10)9-12-3-5-13(6-4-12)18(20)21/h3-7H,8-9H2,1-2H3. The van der Waals surface area contributed by atoms with Gasteiger partial charge in [-0.1, -0.05) is 12.1 Å². The van der Waals surface area contributed by atoms with Gasteiger partial charge in [0, 0.05) is 35.6 Å². The Labute approximate surface area is 127 Å². The van der Waals surface area contributed by atoms with Crippen LogP contribution in [-0.2, 0) is 6.54 Å². The number of Topliss-reactive ketones (excluding diaryl/α,β-unsaturated/α-hetero) is 1. The summed E-state index contributed by atoms with van der Waals surface area (Å²) >= 11 is 5.60. The van der Waals surface area contributed by atoms with Gasteiger partial charge in [-0.05, 0) is 25.5 Å². The normalized spacial score (nSPS) is 10.6. The maximum absolute atomic E-state index is 11.8. The molecule has 0 atom stereocenters. The molecular formula is C15H15ClN2O3. The maximum Gasteiger partial charge on any atom is 0.269 e. The van der Waals surface area contributed by atoms with Gasteiger partial charge < -0.3 is 4.57 Å². The van der Waals surface area contributed by atoms with Gasteiger partial charge in [-0.15, -0.1) is 11.6 Å². The lowest BCUT2D eigenvalue weighted by molar-refractivity contribution is -0.384. The van der Waals surface area contributed by atoms with E-state index in [0.717, 1.165) is 17.0 Å². The molecule has 6 heteroatoms. The quantitative estimate of drug-likeness (QED) is 0.367. The van der Waals surface area contributed by atoms with Crippen molar-refractivity contribution in [1.29, 1.82) is 0 Å². The smallest absolute Gasteiger partial charge is 0.269 e. The number of carbonyl (C=O) groups is 1. The fourth-order valence-corrected chi connectivity index (χ4v) is 2.45. The van der Waals surface area contributed by atoms with Crippen LogP contribution in [0.2, 0.25) is 0 Å². The molecule has 0 saturated carbocycles. The minimum Gasteiger partial charge on any atom is -0.344 e. The SMILES string of the molecule is Cc1cc(C(=O)CCl)c(C)n1Cc1ccc([N+](=O)[O-])cc1. The van der Waals surface area contributed by atoms with E-state index in [9.17, 15) is 14.9 Å². The van der Waals surface area contributed by atoms with E-state index in [0.29, 0.717) is 12.1 Å². The zero-order valence-electron chi connectivity index (χ0n) is 11.8. The van der Waals surface area contributed by atoms with Gasteiger partial charge >= 0.3 is 0 Å². The third-order valence-electron chi connectivity index (χ3n) is 3.48. The number of aromatic nitrogens is 1. The molecule has 0 aliphatic heterocycles. The van der Waals surface area contributed by atoms with Gasteiger partial charge in [0.15, 0.2) is 5.78 Å². The van der Waals surface area contributed by atoms with Crippen molar-refractivity contribution < 1.29 is 9.72 Å². The minimum absolute atomic E-state index is 0.0399. The van der Waals surface area contributed by atoms with E-state index in [-0.39, 0.29) is 17.4 Å². The van der Waals surface area contributed by atoms with E-state index in [1.165, 1.54) is 12.1 Å². The first-order valence-electron chi connectivity index (χ1n) is 6.43. The molecule has 0 aliphatic rings. The van der Waals surface area contributed by atoms with E-state index in [2.05, 4.69) is 0 Å². The van der Waals surface area contributed by atoms with E-state index >= 15 is 0 Å². The van der Waals surface area contributed by atoms with Gasteiger partial charge in [-0.25, -0.2) is 0 Å². The number of nitrogens with zero attached hydrogens (tertiary/aromatic N) is 2. The first-order chi connectivity index (χ1) is 9.93. The summed E-state index contributed by atoms with van der Waals surface area (Å²) in [7, 11) is 0. The Morgan fingerprint density at radius 3 is 2.43 bits per heavy atom. The van der Waals surface area contributed by atoms with Gasteiger partial charge in [-0.3, -0.25) is 14.9 Å². The number of rotatable bonds is 5. The molecule has 0 aliphatic carbocycles. The lowest BCUT2D eigenvalue weighted by Crippen LogP contribution is -2.07. The van der Waals surface area contributed by atoms with Crippen molar-refractivity contribution in [2.75, 3.05) is 5.88 Å². The van der Waals surface area contributed by atoms with Crippen LogP contribution in [0, 0.1) is 24.0 Å². The largest absolute Gasteiger partial charge is 0.344 e. The maximum atomic E-state index is 11.8. The van der Waals surface area contributed by atoms with Crippen LogP contribution in [0.3, 0.4) is 0 Å². The van der Waals surface area contributed by atoms with Crippen molar-refractivity contribution in [1.82, 2.24) is 4.57 Å². The van der Waals surface area contributed by atoms with Crippen molar-refractivity contribution >= 4 is 23.1 Å². The Balaban J connectivity index is 2.29. The predicted octanol–water partition coefficient (Wildman–Crippen LogP) is 3.48. The lowest BCUT2D eigenvalue weighted by atomic mass is 10.2. The second-order valence-electron chi connectivity index (χ2n) is 4.85. The summed E-state index contributed by atoms with van der Waals surface area (Å²) in [5, 5.41) is 10.6. The van der Waals surface area contributed by atoms with Crippen LogP contribution in [0.1, 0.15) is 27.3 Å². The van der Waals surface area contributed by atoms with Gasteiger partial charge in [-0.2, -0.15) is 0 Å². The Morgan fingerprint density at radius 1 is 1.29 bits per heavy atom. The number of benzene rings is 1. The number of ketones is 1. The summed E-state index contributed by atoms with van der Waals surface area (Å²) in [5.41, 5.74) is 3.45. The average Bonchev–Trinajstić information content (AvgIpc) is 2.75. The molecule has 0 radical (unpaired) electrons. The zero-order valence-corrected chi connectivity index (χ0v) is 12.6. The topological polar surface area (TPSA) is 65.1 Å². The van der Waals surface area contributed by atoms with Crippen molar-refractivity contribution in [3.63, 3.8) is 0 Å². The Morgan fingerprint density at radius 2 is 1.90 bits per heavy atom. The summed E-state index contributed by atoms with van der Waals surface area (Å²) in [6, 6.07) is 8.23.